The van der Waals surface area contributed by atoms with Crippen LogP contribution in [0.4, 0.5) is 13.2 Å². The SMILES string of the molecule is COC([O])=CNC(=O)C(F)(F)F. The Morgan fingerprint density at radius 1 is 1.50 bits per heavy atom. The van der Waals surface area contributed by atoms with Gasteiger partial charge in [-0.05, 0) is 0 Å². The second kappa shape index (κ2) is 3.84. The summed E-state index contributed by atoms with van der Waals surface area (Å²) in [5.41, 5.74) is 0. The highest BCUT2D eigenvalue weighted by Crippen LogP contribution is 2.13. The lowest BCUT2D eigenvalue weighted by atomic mass is 10.6. The van der Waals surface area contributed by atoms with Gasteiger partial charge in [-0.3, -0.25) is 4.79 Å². The number of rotatable bonds is 2. The molecule has 0 saturated carbocycles. The summed E-state index contributed by atoms with van der Waals surface area (Å²) in [6.07, 6.45) is -4.71. The Balaban J connectivity index is 4.04. The zero-order valence-electron chi connectivity index (χ0n) is 5.94. The summed E-state index contributed by atoms with van der Waals surface area (Å²) in [6.45, 7) is 0. The average molecular weight is 184 g/mol. The molecule has 1 radical (unpaired) electrons. The Labute approximate surface area is 65.6 Å². The normalized spacial score (nSPS) is 12.5. The Bertz CT molecular complexity index is 199. The predicted molar refractivity (Wildman–Crippen MR) is 30.0 cm³/mol. The highest BCUT2D eigenvalue weighted by molar-refractivity contribution is 5.82. The van der Waals surface area contributed by atoms with Crippen LogP contribution < -0.4 is 5.32 Å². The van der Waals surface area contributed by atoms with Gasteiger partial charge in [0.25, 0.3) is 0 Å². The molecule has 69 valence electrons. The highest BCUT2D eigenvalue weighted by atomic mass is 19.4. The van der Waals surface area contributed by atoms with Crippen LogP contribution in [0, 0.1) is 0 Å². The van der Waals surface area contributed by atoms with Gasteiger partial charge in [-0.1, -0.05) is 0 Å². The van der Waals surface area contributed by atoms with E-state index in [0.29, 0.717) is 0 Å². The van der Waals surface area contributed by atoms with E-state index in [1.165, 1.54) is 5.32 Å². The van der Waals surface area contributed by atoms with Gasteiger partial charge in [0, 0.05) is 0 Å². The fraction of sp³-hybridized carbons (Fsp3) is 0.400. The number of carbonyl (C=O) groups is 1. The predicted octanol–water partition coefficient (Wildman–Crippen LogP) is 0.541. The first kappa shape index (κ1) is 10.6. The van der Waals surface area contributed by atoms with Crippen molar-refractivity contribution in [1.82, 2.24) is 5.32 Å². The second-order valence-electron chi connectivity index (χ2n) is 1.64. The number of amides is 1. The van der Waals surface area contributed by atoms with E-state index in [-0.39, 0.29) is 6.20 Å². The van der Waals surface area contributed by atoms with E-state index in [0.717, 1.165) is 7.11 Å². The maximum atomic E-state index is 11.4. The molecule has 0 aromatic heterocycles. The summed E-state index contributed by atoms with van der Waals surface area (Å²) in [6, 6.07) is 0. The lowest BCUT2D eigenvalue weighted by molar-refractivity contribution is -0.172. The van der Waals surface area contributed by atoms with Crippen LogP contribution >= 0.6 is 0 Å². The van der Waals surface area contributed by atoms with Crippen molar-refractivity contribution in [2.24, 2.45) is 0 Å². The van der Waals surface area contributed by atoms with Gasteiger partial charge in [0.05, 0.1) is 13.3 Å². The number of alkyl halides is 3. The highest BCUT2D eigenvalue weighted by Gasteiger charge is 2.38. The number of nitrogens with one attached hydrogen (secondary N) is 1. The van der Waals surface area contributed by atoms with Gasteiger partial charge in [0.2, 0.25) is 0 Å². The molecule has 7 heteroatoms. The third kappa shape index (κ3) is 3.69. The summed E-state index contributed by atoms with van der Waals surface area (Å²) in [5, 5.41) is 11.4. The molecule has 0 saturated heterocycles. The van der Waals surface area contributed by atoms with Crippen LogP contribution in [-0.4, -0.2) is 19.2 Å². The first-order chi connectivity index (χ1) is 5.38. The van der Waals surface area contributed by atoms with Gasteiger partial charge >= 0.3 is 18.0 Å². The molecule has 0 fully saturated rings. The molecule has 0 aromatic rings. The van der Waals surface area contributed by atoms with E-state index in [4.69, 9.17) is 0 Å². The average Bonchev–Trinajstić information content (AvgIpc) is 1.97. The standard InChI is InChI=1S/C5H5F3NO3/c1-12-3(10)2-9-4(11)5(6,7)8/h2H,1H3,(H,9,11). The van der Waals surface area contributed by atoms with Crippen molar-refractivity contribution in [2.75, 3.05) is 7.11 Å². The molecule has 0 unspecified atom stereocenters. The molecule has 12 heavy (non-hydrogen) atoms. The maximum Gasteiger partial charge on any atom is 0.471 e. The van der Waals surface area contributed by atoms with Crippen LogP contribution in [0.5, 0.6) is 0 Å². The summed E-state index contributed by atoms with van der Waals surface area (Å²) in [7, 11) is 0.971. The smallest absolute Gasteiger partial charge is 0.465 e. The molecule has 0 rings (SSSR count). The van der Waals surface area contributed by atoms with Gasteiger partial charge < -0.3 is 10.1 Å². The molecule has 0 bridgehead atoms. The Morgan fingerprint density at radius 3 is 2.33 bits per heavy atom. The van der Waals surface area contributed by atoms with Crippen molar-refractivity contribution in [2.45, 2.75) is 6.18 Å². The second-order valence-corrected chi connectivity index (χ2v) is 1.64. The first-order valence-electron chi connectivity index (χ1n) is 2.66. The number of ether oxygens (including phenoxy) is 1. The summed E-state index contributed by atoms with van der Waals surface area (Å²) < 4.78 is 38.2. The van der Waals surface area contributed by atoms with E-state index in [9.17, 15) is 23.1 Å². The van der Waals surface area contributed by atoms with Crippen LogP contribution in [0.1, 0.15) is 0 Å². The van der Waals surface area contributed by atoms with Crippen molar-refractivity contribution >= 4 is 5.91 Å². The Kier molecular flexibility index (Phi) is 3.39. The maximum absolute atomic E-state index is 11.4. The van der Waals surface area contributed by atoms with Crippen molar-refractivity contribution in [3.05, 3.63) is 12.1 Å². The number of carbonyl (C=O) groups excluding carboxylic acids is 1. The molecular formula is C5H5F3NO3. The third-order valence-electron chi connectivity index (χ3n) is 0.780. The van der Waals surface area contributed by atoms with Gasteiger partial charge in [-0.2, -0.15) is 13.2 Å². The molecular weight excluding hydrogens is 179 g/mol. The molecule has 0 aliphatic rings. The van der Waals surface area contributed by atoms with Gasteiger partial charge in [-0.25, -0.2) is 5.11 Å². The quantitative estimate of drug-likeness (QED) is 0.636. The molecule has 4 nitrogen and oxygen atoms in total. The molecule has 1 amide bonds. The zero-order chi connectivity index (χ0) is 9.78. The lowest BCUT2D eigenvalue weighted by Gasteiger charge is -2.02. The summed E-state index contributed by atoms with van der Waals surface area (Å²) in [4.78, 5) is 10.0. The van der Waals surface area contributed by atoms with Crippen LogP contribution in [0.3, 0.4) is 0 Å². The van der Waals surface area contributed by atoms with Crippen molar-refractivity contribution in [3.8, 4) is 0 Å². The van der Waals surface area contributed by atoms with E-state index < -0.39 is 18.0 Å². The number of halogens is 3. The van der Waals surface area contributed by atoms with Crippen molar-refractivity contribution in [3.63, 3.8) is 0 Å². The van der Waals surface area contributed by atoms with Gasteiger partial charge in [0.15, 0.2) is 0 Å². The Hall–Kier alpha value is -1.40. The topological polar surface area (TPSA) is 58.2 Å². The van der Waals surface area contributed by atoms with Crippen LogP contribution in [0.15, 0.2) is 12.1 Å². The fourth-order valence-electron chi connectivity index (χ4n) is 0.265. The zero-order valence-corrected chi connectivity index (χ0v) is 5.94. The first-order valence-corrected chi connectivity index (χ1v) is 2.66. The Morgan fingerprint density at radius 2 is 2.00 bits per heavy atom. The lowest BCUT2D eigenvalue weighted by Crippen LogP contribution is -2.33. The van der Waals surface area contributed by atoms with Gasteiger partial charge in [-0.15, -0.1) is 0 Å². The van der Waals surface area contributed by atoms with Gasteiger partial charge in [0.1, 0.15) is 0 Å². The fourth-order valence-corrected chi connectivity index (χ4v) is 0.265. The summed E-state index contributed by atoms with van der Waals surface area (Å²) in [5.74, 6) is -3.28. The minimum atomic E-state index is -5.00. The van der Waals surface area contributed by atoms with Crippen LogP contribution in [-0.2, 0) is 14.6 Å². The molecule has 0 aliphatic heterocycles. The molecule has 0 aromatic carbocycles. The number of methoxy groups -OCH3 is 1. The molecule has 0 atom stereocenters. The third-order valence-corrected chi connectivity index (χ3v) is 0.780. The molecule has 0 heterocycles. The van der Waals surface area contributed by atoms with E-state index in [1.54, 1.807) is 0 Å². The molecule has 0 spiro atoms. The van der Waals surface area contributed by atoms with Crippen molar-refractivity contribution < 1.29 is 27.8 Å². The summed E-state index contributed by atoms with van der Waals surface area (Å²) >= 11 is 0. The minimum Gasteiger partial charge on any atom is -0.465 e. The van der Waals surface area contributed by atoms with E-state index in [2.05, 4.69) is 4.74 Å². The number of hydrogen-bond donors (Lipinski definition) is 1. The van der Waals surface area contributed by atoms with E-state index >= 15 is 0 Å². The van der Waals surface area contributed by atoms with Crippen molar-refractivity contribution in [1.29, 1.82) is 0 Å². The largest absolute Gasteiger partial charge is 0.471 e. The van der Waals surface area contributed by atoms with Crippen LogP contribution in [0.2, 0.25) is 0 Å². The van der Waals surface area contributed by atoms with E-state index in [1.807, 2.05) is 0 Å². The number of hydrogen-bond acceptors (Lipinski definition) is 2. The van der Waals surface area contributed by atoms with Crippen LogP contribution in [0.25, 0.3) is 0 Å². The molecule has 0 aliphatic carbocycles. The minimum absolute atomic E-state index is 0.288. The monoisotopic (exact) mass is 184 g/mol. The molecule has 1 N–H and O–H groups in total.